The molecule has 0 aromatic carbocycles. The van der Waals surface area contributed by atoms with Gasteiger partial charge in [0.2, 0.25) is 0 Å². The van der Waals surface area contributed by atoms with Crippen LogP contribution in [0.5, 0.6) is 0 Å². The van der Waals surface area contributed by atoms with E-state index in [0.717, 1.165) is 24.3 Å². The van der Waals surface area contributed by atoms with Crippen LogP contribution in [0.1, 0.15) is 51.1 Å². The summed E-state index contributed by atoms with van der Waals surface area (Å²) < 4.78 is 5.22. The van der Waals surface area contributed by atoms with E-state index in [1.807, 2.05) is 18.2 Å². The number of rotatable bonds is 12. The summed E-state index contributed by atoms with van der Waals surface area (Å²) in [7, 11) is 0. The van der Waals surface area contributed by atoms with Gasteiger partial charge in [-0.2, -0.15) is 11.8 Å². The predicted molar refractivity (Wildman–Crippen MR) is 92.7 cm³/mol. The molecular weight excluding hydrogens is 296 g/mol. The zero-order valence-electron chi connectivity index (χ0n) is 13.5. The summed E-state index contributed by atoms with van der Waals surface area (Å²) >= 11 is 1.61. The summed E-state index contributed by atoms with van der Waals surface area (Å²) in [6.45, 7) is 2.69. The number of ether oxygens (including phenoxy) is 1. The van der Waals surface area contributed by atoms with Crippen LogP contribution in [0.15, 0.2) is 24.4 Å². The van der Waals surface area contributed by atoms with Gasteiger partial charge in [0.1, 0.15) is 6.04 Å². The zero-order valence-corrected chi connectivity index (χ0v) is 14.3. The highest BCUT2D eigenvalue weighted by atomic mass is 32.2. The maximum atomic E-state index is 11.7. The number of carbonyl (C=O) groups excluding carboxylic acids is 1. The van der Waals surface area contributed by atoms with Crippen LogP contribution in [0.25, 0.3) is 0 Å². The molecule has 124 valence electrons. The molecule has 0 aliphatic carbocycles. The molecule has 1 aromatic rings. The van der Waals surface area contributed by atoms with E-state index in [-0.39, 0.29) is 5.97 Å². The second-order valence-electron chi connectivity index (χ2n) is 5.38. The van der Waals surface area contributed by atoms with E-state index >= 15 is 0 Å². The molecule has 0 saturated carbocycles. The molecule has 1 aromatic heterocycles. The van der Waals surface area contributed by atoms with Gasteiger partial charge in [-0.05, 0) is 18.6 Å². The van der Waals surface area contributed by atoms with Crippen LogP contribution in [-0.4, -0.2) is 29.4 Å². The molecule has 0 radical (unpaired) electrons. The molecule has 0 bridgehead atoms. The van der Waals surface area contributed by atoms with Crippen molar-refractivity contribution in [3.05, 3.63) is 30.1 Å². The first-order valence-corrected chi connectivity index (χ1v) is 9.29. The Hall–Kier alpha value is -1.07. The Kier molecular flexibility index (Phi) is 10.8. The first-order chi connectivity index (χ1) is 10.7. The second-order valence-corrected chi connectivity index (χ2v) is 6.41. The molecule has 1 unspecified atom stereocenters. The third-order valence-corrected chi connectivity index (χ3v) is 4.41. The fourth-order valence-corrected chi connectivity index (χ4v) is 2.89. The molecule has 5 heteroatoms. The first kappa shape index (κ1) is 19.0. The minimum atomic E-state index is -0.547. The third kappa shape index (κ3) is 9.05. The monoisotopic (exact) mass is 324 g/mol. The number of esters is 1. The van der Waals surface area contributed by atoms with Gasteiger partial charge in [-0.1, -0.05) is 45.1 Å². The van der Waals surface area contributed by atoms with Crippen molar-refractivity contribution in [2.75, 3.05) is 12.4 Å². The van der Waals surface area contributed by atoms with Gasteiger partial charge in [0.25, 0.3) is 0 Å². The number of carbonyl (C=O) groups is 1. The maximum absolute atomic E-state index is 11.7. The van der Waals surface area contributed by atoms with Gasteiger partial charge in [0, 0.05) is 17.7 Å². The van der Waals surface area contributed by atoms with Gasteiger partial charge in [-0.3, -0.25) is 9.78 Å². The van der Waals surface area contributed by atoms with Gasteiger partial charge < -0.3 is 10.5 Å². The van der Waals surface area contributed by atoms with E-state index in [1.54, 1.807) is 18.0 Å². The lowest BCUT2D eigenvalue weighted by Gasteiger charge is -2.11. The lowest BCUT2D eigenvalue weighted by molar-refractivity contribution is -0.144. The SMILES string of the molecule is CCCCCCCCOC(=O)C(N)CSCc1ccccn1. The number of nitrogens with two attached hydrogens (primary N) is 1. The van der Waals surface area contributed by atoms with E-state index in [1.165, 1.54) is 25.7 Å². The molecule has 1 atom stereocenters. The van der Waals surface area contributed by atoms with Crippen molar-refractivity contribution in [2.45, 2.75) is 57.2 Å². The molecular formula is C17H28N2O2S. The molecule has 0 aliphatic rings. The molecule has 1 heterocycles. The average Bonchev–Trinajstić information content (AvgIpc) is 2.54. The van der Waals surface area contributed by atoms with E-state index in [9.17, 15) is 4.79 Å². The largest absolute Gasteiger partial charge is 0.465 e. The molecule has 1 rings (SSSR count). The lowest BCUT2D eigenvalue weighted by atomic mass is 10.1. The molecule has 0 amide bonds. The molecule has 0 fully saturated rings. The molecule has 4 nitrogen and oxygen atoms in total. The summed E-state index contributed by atoms with van der Waals surface area (Å²) in [6.07, 6.45) is 8.86. The van der Waals surface area contributed by atoms with E-state index < -0.39 is 6.04 Å². The van der Waals surface area contributed by atoms with Gasteiger partial charge in [0.15, 0.2) is 0 Å². The Bertz CT molecular complexity index is 401. The van der Waals surface area contributed by atoms with Crippen LogP contribution in [0.4, 0.5) is 0 Å². The topological polar surface area (TPSA) is 65.2 Å². The van der Waals surface area contributed by atoms with Crippen molar-refractivity contribution in [3.8, 4) is 0 Å². The van der Waals surface area contributed by atoms with E-state index in [4.69, 9.17) is 10.5 Å². The van der Waals surface area contributed by atoms with Crippen molar-refractivity contribution in [1.82, 2.24) is 4.98 Å². The first-order valence-electron chi connectivity index (χ1n) is 8.14. The minimum Gasteiger partial charge on any atom is -0.465 e. The fraction of sp³-hybridized carbons (Fsp3) is 0.647. The normalized spacial score (nSPS) is 12.1. The van der Waals surface area contributed by atoms with Crippen LogP contribution in [-0.2, 0) is 15.3 Å². The maximum Gasteiger partial charge on any atom is 0.323 e. The summed E-state index contributed by atoms with van der Waals surface area (Å²) in [5.41, 5.74) is 6.85. The average molecular weight is 324 g/mol. The highest BCUT2D eigenvalue weighted by molar-refractivity contribution is 7.98. The zero-order chi connectivity index (χ0) is 16.0. The Balaban J connectivity index is 2.02. The number of aromatic nitrogens is 1. The van der Waals surface area contributed by atoms with Crippen molar-refractivity contribution in [3.63, 3.8) is 0 Å². The van der Waals surface area contributed by atoms with Crippen LogP contribution in [0.2, 0.25) is 0 Å². The quantitative estimate of drug-likeness (QED) is 0.470. The van der Waals surface area contributed by atoms with Crippen LogP contribution >= 0.6 is 11.8 Å². The Morgan fingerprint density at radius 3 is 2.77 bits per heavy atom. The summed E-state index contributed by atoms with van der Waals surface area (Å²) in [6, 6.07) is 5.26. The summed E-state index contributed by atoms with van der Waals surface area (Å²) in [4.78, 5) is 16.0. The number of nitrogens with zero attached hydrogens (tertiary/aromatic N) is 1. The third-order valence-electron chi connectivity index (χ3n) is 3.32. The number of pyridine rings is 1. The summed E-state index contributed by atoms with van der Waals surface area (Å²) in [5.74, 6) is 1.03. The number of hydrogen-bond acceptors (Lipinski definition) is 5. The van der Waals surface area contributed by atoms with E-state index in [2.05, 4.69) is 11.9 Å². The molecule has 0 spiro atoms. The Morgan fingerprint density at radius 1 is 1.27 bits per heavy atom. The van der Waals surface area contributed by atoms with Gasteiger partial charge in [0.05, 0.1) is 12.3 Å². The second kappa shape index (κ2) is 12.5. The number of thioether (sulfide) groups is 1. The molecule has 2 N–H and O–H groups in total. The van der Waals surface area contributed by atoms with Gasteiger partial charge in [-0.15, -0.1) is 0 Å². The highest BCUT2D eigenvalue weighted by Crippen LogP contribution is 2.11. The molecule has 0 aliphatic heterocycles. The molecule has 0 saturated heterocycles. The van der Waals surface area contributed by atoms with Gasteiger partial charge >= 0.3 is 5.97 Å². The molecule has 22 heavy (non-hydrogen) atoms. The summed E-state index contributed by atoms with van der Waals surface area (Å²) in [5, 5.41) is 0. The lowest BCUT2D eigenvalue weighted by Crippen LogP contribution is -2.34. The predicted octanol–water partition coefficient (Wildman–Crippen LogP) is 3.55. The van der Waals surface area contributed by atoms with Crippen molar-refractivity contribution in [1.29, 1.82) is 0 Å². The van der Waals surface area contributed by atoms with Crippen molar-refractivity contribution in [2.24, 2.45) is 5.73 Å². The fourth-order valence-electron chi connectivity index (χ4n) is 2.00. The minimum absolute atomic E-state index is 0.290. The number of hydrogen-bond donors (Lipinski definition) is 1. The van der Waals surface area contributed by atoms with Crippen molar-refractivity contribution >= 4 is 17.7 Å². The van der Waals surface area contributed by atoms with Crippen LogP contribution in [0, 0.1) is 0 Å². The smallest absolute Gasteiger partial charge is 0.323 e. The van der Waals surface area contributed by atoms with E-state index in [0.29, 0.717) is 12.4 Å². The van der Waals surface area contributed by atoms with Crippen LogP contribution < -0.4 is 5.73 Å². The van der Waals surface area contributed by atoms with Crippen LogP contribution in [0.3, 0.4) is 0 Å². The Morgan fingerprint density at radius 2 is 2.05 bits per heavy atom. The van der Waals surface area contributed by atoms with Gasteiger partial charge in [-0.25, -0.2) is 0 Å². The highest BCUT2D eigenvalue weighted by Gasteiger charge is 2.14. The number of unbranched alkanes of at least 4 members (excludes halogenated alkanes) is 5. The Labute approximate surface area is 138 Å². The van der Waals surface area contributed by atoms with Crippen molar-refractivity contribution < 1.29 is 9.53 Å². The standard InChI is InChI=1S/C17H28N2O2S/c1-2-3-4-5-6-9-12-21-17(20)16(18)14-22-13-15-10-7-8-11-19-15/h7-8,10-11,16H,2-6,9,12-14,18H2,1H3.